The van der Waals surface area contributed by atoms with E-state index in [1.807, 2.05) is 16.7 Å². The van der Waals surface area contributed by atoms with Gasteiger partial charge in [-0.25, -0.2) is 33.7 Å². The second kappa shape index (κ2) is 9.12. The van der Waals surface area contributed by atoms with Crippen molar-refractivity contribution in [2.75, 3.05) is 52.7 Å². The smallest absolute Gasteiger partial charge is 0.258 e. The van der Waals surface area contributed by atoms with Crippen LogP contribution in [0.3, 0.4) is 0 Å². The highest BCUT2D eigenvalue weighted by atomic mass is 19.1. The van der Waals surface area contributed by atoms with Gasteiger partial charge in [-0.3, -0.25) is 4.79 Å². The molecule has 3 aromatic rings. The summed E-state index contributed by atoms with van der Waals surface area (Å²) in [5, 5.41) is 2.71. The van der Waals surface area contributed by atoms with Gasteiger partial charge in [0, 0.05) is 31.9 Å². The van der Waals surface area contributed by atoms with Gasteiger partial charge in [-0.2, -0.15) is 0 Å². The van der Waals surface area contributed by atoms with E-state index in [-0.39, 0.29) is 11.9 Å². The molecule has 0 unspecified atom stereocenters. The van der Waals surface area contributed by atoms with E-state index in [0.717, 1.165) is 12.4 Å². The summed E-state index contributed by atoms with van der Waals surface area (Å²) in [6.07, 6.45) is 6.10. The minimum absolute atomic E-state index is 0.0860. The predicted molar refractivity (Wildman–Crippen MR) is 122 cm³/mol. The molecule has 0 bridgehead atoms. The predicted octanol–water partition coefficient (Wildman–Crippen LogP) is 1.93. The molecule has 0 aliphatic carbocycles. The maximum Gasteiger partial charge on any atom is 0.258 e. The number of nitrogens with one attached hydrogen (secondary N) is 1. The number of hydrogen-bond acceptors (Lipinski definition) is 9. The Hall–Kier alpha value is -3.96. The van der Waals surface area contributed by atoms with Gasteiger partial charge in [0.2, 0.25) is 5.95 Å². The number of carbonyl (C=O) groups is 1. The van der Waals surface area contributed by atoms with Crippen molar-refractivity contribution >= 4 is 29.3 Å². The van der Waals surface area contributed by atoms with E-state index in [9.17, 15) is 13.6 Å². The summed E-state index contributed by atoms with van der Waals surface area (Å²) in [4.78, 5) is 39.6. The van der Waals surface area contributed by atoms with Crippen molar-refractivity contribution in [1.82, 2.24) is 24.9 Å². The maximum atomic E-state index is 13.1. The van der Waals surface area contributed by atoms with Gasteiger partial charge in [0.05, 0.1) is 43.4 Å². The summed E-state index contributed by atoms with van der Waals surface area (Å²) in [7, 11) is 0. The Morgan fingerprint density at radius 2 is 1.68 bits per heavy atom. The molecule has 5 heterocycles. The van der Waals surface area contributed by atoms with E-state index in [1.54, 1.807) is 18.3 Å². The number of rotatable bonds is 5. The third-order valence-corrected chi connectivity index (χ3v) is 5.87. The van der Waals surface area contributed by atoms with Crippen LogP contribution in [0.5, 0.6) is 0 Å². The minimum Gasteiger partial charge on any atom is -0.352 e. The number of anilines is 4. The molecule has 2 aliphatic heterocycles. The van der Waals surface area contributed by atoms with Gasteiger partial charge in [-0.1, -0.05) is 0 Å². The molecule has 2 aliphatic rings. The second-order valence-corrected chi connectivity index (χ2v) is 8.31. The normalized spacial score (nSPS) is 18.6. The second-order valence-electron chi connectivity index (χ2n) is 8.31. The fourth-order valence-corrected chi connectivity index (χ4v) is 3.97. The summed E-state index contributed by atoms with van der Waals surface area (Å²) in [6, 6.07) is 3.44. The van der Waals surface area contributed by atoms with Gasteiger partial charge in [-0.05, 0) is 19.1 Å². The lowest BCUT2D eigenvalue weighted by Gasteiger charge is -2.40. The van der Waals surface area contributed by atoms with E-state index < -0.39 is 12.0 Å². The van der Waals surface area contributed by atoms with Crippen molar-refractivity contribution in [2.24, 2.45) is 0 Å². The van der Waals surface area contributed by atoms with Crippen molar-refractivity contribution < 1.29 is 13.6 Å². The highest BCUT2D eigenvalue weighted by molar-refractivity contribution is 6.03. The van der Waals surface area contributed by atoms with Crippen molar-refractivity contribution in [2.45, 2.75) is 19.1 Å². The fraction of sp³-hybridized carbons (Fsp3) is 0.364. The molecule has 0 aromatic carbocycles. The summed E-state index contributed by atoms with van der Waals surface area (Å²) in [6.45, 7) is 4.68. The van der Waals surface area contributed by atoms with Gasteiger partial charge in [0.25, 0.3) is 5.91 Å². The number of aromatic nitrogens is 5. The monoisotopic (exact) mass is 467 g/mol. The van der Waals surface area contributed by atoms with Crippen LogP contribution in [0.1, 0.15) is 17.3 Å². The van der Waals surface area contributed by atoms with Crippen LogP contribution in [0, 0.1) is 5.82 Å². The Kier molecular flexibility index (Phi) is 5.86. The van der Waals surface area contributed by atoms with Gasteiger partial charge in [-0.15, -0.1) is 0 Å². The van der Waals surface area contributed by atoms with Gasteiger partial charge in [0.1, 0.15) is 17.8 Å². The molecule has 12 heteroatoms. The Morgan fingerprint density at radius 1 is 0.912 bits per heavy atom. The number of halogens is 2. The zero-order chi connectivity index (χ0) is 23.7. The molecule has 1 atom stereocenters. The van der Waals surface area contributed by atoms with Gasteiger partial charge in [0.15, 0.2) is 11.6 Å². The molecular formula is C22H23F2N9O. The number of piperazine rings is 1. The van der Waals surface area contributed by atoms with Gasteiger partial charge < -0.3 is 20.0 Å². The van der Waals surface area contributed by atoms with Crippen LogP contribution in [0.4, 0.5) is 32.2 Å². The highest BCUT2D eigenvalue weighted by Gasteiger charge is 2.28. The average molecular weight is 467 g/mol. The molecule has 0 spiro atoms. The number of carbonyl (C=O) groups excluding carboxylic acids is 1. The topological polar surface area (TPSA) is 103 Å². The van der Waals surface area contributed by atoms with Gasteiger partial charge >= 0.3 is 0 Å². The fourth-order valence-electron chi connectivity index (χ4n) is 3.97. The van der Waals surface area contributed by atoms with Crippen molar-refractivity contribution in [3.63, 3.8) is 0 Å². The van der Waals surface area contributed by atoms with E-state index in [0.29, 0.717) is 61.7 Å². The molecule has 2 saturated heterocycles. The van der Waals surface area contributed by atoms with Crippen molar-refractivity contribution in [1.29, 1.82) is 0 Å². The van der Waals surface area contributed by atoms with Crippen LogP contribution in [0.25, 0.3) is 0 Å². The lowest BCUT2D eigenvalue weighted by molar-refractivity contribution is 0.102. The lowest BCUT2D eigenvalue weighted by atomic mass is 10.2. The molecule has 2 fully saturated rings. The maximum absolute atomic E-state index is 13.1. The zero-order valence-electron chi connectivity index (χ0n) is 18.5. The molecular weight excluding hydrogens is 444 g/mol. The minimum atomic E-state index is -0.817. The molecule has 0 saturated carbocycles. The molecule has 1 N–H and O–H groups in total. The summed E-state index contributed by atoms with van der Waals surface area (Å²) in [5.41, 5.74) is 0.375. The van der Waals surface area contributed by atoms with E-state index in [1.165, 1.54) is 12.4 Å². The SMILES string of the molecule is C[C@H]1CN(c2cnc(NC(=O)c3ccc(N4CC(F)C4)nc3)cn2)CCN1c1ncc(F)cn1. The van der Waals surface area contributed by atoms with Crippen LogP contribution in [0.15, 0.2) is 43.1 Å². The molecule has 10 nitrogen and oxygen atoms in total. The van der Waals surface area contributed by atoms with Crippen LogP contribution in [-0.4, -0.2) is 75.8 Å². The Bertz CT molecular complexity index is 1140. The first-order valence-electron chi connectivity index (χ1n) is 10.9. The number of alkyl halides is 1. The standard InChI is InChI=1S/C22H23F2N9O/c1-14-11-31(4-5-33(14)22-28-7-16(23)8-29-22)20-10-25-18(9-27-20)30-21(34)15-2-3-19(26-6-15)32-12-17(24)13-32/h2-3,6-10,14,17H,4-5,11-13H2,1H3,(H,25,30,34)/t14-/m0/s1. The van der Waals surface area contributed by atoms with Crippen molar-refractivity contribution in [3.05, 3.63) is 54.5 Å². The van der Waals surface area contributed by atoms with Crippen molar-refractivity contribution in [3.8, 4) is 0 Å². The first-order chi connectivity index (χ1) is 16.5. The van der Waals surface area contributed by atoms with E-state index in [4.69, 9.17) is 0 Å². The largest absolute Gasteiger partial charge is 0.352 e. The molecule has 176 valence electrons. The zero-order valence-corrected chi connectivity index (χ0v) is 18.5. The van der Waals surface area contributed by atoms with Crippen LogP contribution in [0.2, 0.25) is 0 Å². The van der Waals surface area contributed by atoms with E-state index >= 15 is 0 Å². The molecule has 5 rings (SSSR count). The third kappa shape index (κ3) is 4.56. The summed E-state index contributed by atoms with van der Waals surface area (Å²) in [5.74, 6) is 1.35. The molecule has 0 radical (unpaired) electrons. The van der Waals surface area contributed by atoms with E-state index in [2.05, 4.69) is 35.1 Å². The lowest BCUT2D eigenvalue weighted by Crippen LogP contribution is -2.53. The average Bonchev–Trinajstić information content (AvgIpc) is 2.83. The van der Waals surface area contributed by atoms with Crippen LogP contribution >= 0.6 is 0 Å². The van der Waals surface area contributed by atoms with Crippen LogP contribution < -0.4 is 20.0 Å². The first kappa shape index (κ1) is 21.9. The molecule has 1 amide bonds. The Morgan fingerprint density at radius 3 is 2.29 bits per heavy atom. The number of pyridine rings is 1. The number of hydrogen-bond donors (Lipinski definition) is 1. The molecule has 34 heavy (non-hydrogen) atoms. The highest BCUT2D eigenvalue weighted by Crippen LogP contribution is 2.22. The van der Waals surface area contributed by atoms with Crippen LogP contribution in [-0.2, 0) is 0 Å². The number of amides is 1. The summed E-state index contributed by atoms with van der Waals surface area (Å²) >= 11 is 0. The quantitative estimate of drug-likeness (QED) is 0.603. The Labute approximate surface area is 194 Å². The summed E-state index contributed by atoms with van der Waals surface area (Å²) < 4.78 is 26.1. The third-order valence-electron chi connectivity index (χ3n) is 5.87. The number of nitrogens with zero attached hydrogens (tertiary/aromatic N) is 8. The first-order valence-corrected chi connectivity index (χ1v) is 10.9. The Balaban J connectivity index is 1.17. The molecule has 3 aromatic heterocycles.